The summed E-state index contributed by atoms with van der Waals surface area (Å²) in [4.78, 5) is 17.4. The van der Waals surface area contributed by atoms with Gasteiger partial charge in [-0.15, -0.1) is 0 Å². The highest BCUT2D eigenvalue weighted by Crippen LogP contribution is 2.38. The first-order chi connectivity index (χ1) is 16.8. The van der Waals surface area contributed by atoms with Gasteiger partial charge in [0.2, 0.25) is 0 Å². The molecule has 3 aromatic carbocycles. The number of ether oxygens (including phenoxy) is 2. The quantitative estimate of drug-likeness (QED) is 0.213. The first kappa shape index (κ1) is 25.8. The lowest BCUT2D eigenvalue weighted by atomic mass is 10.1. The molecule has 0 radical (unpaired) electrons. The van der Waals surface area contributed by atoms with Crippen molar-refractivity contribution in [3.05, 3.63) is 90.1 Å². The Bertz CT molecular complexity index is 1350. The van der Waals surface area contributed by atoms with Gasteiger partial charge in [0.15, 0.2) is 16.7 Å². The number of amidine groups is 1. The minimum Gasteiger partial charge on any atom is -0.490 e. The molecule has 1 amide bonds. The van der Waals surface area contributed by atoms with Gasteiger partial charge in [-0.1, -0.05) is 41.4 Å². The van der Waals surface area contributed by atoms with Crippen molar-refractivity contribution in [2.24, 2.45) is 4.99 Å². The Hall–Kier alpha value is -2.27. The molecule has 1 aliphatic rings. The molecule has 180 valence electrons. The van der Waals surface area contributed by atoms with Crippen molar-refractivity contribution < 1.29 is 18.7 Å². The van der Waals surface area contributed by atoms with Gasteiger partial charge in [-0.25, -0.2) is 9.38 Å². The third kappa shape index (κ3) is 6.49. The number of thioether (sulfide) groups is 1. The summed E-state index contributed by atoms with van der Waals surface area (Å²) in [6, 6.07) is 15.1. The minimum absolute atomic E-state index is 0.193. The van der Waals surface area contributed by atoms with E-state index in [1.54, 1.807) is 42.5 Å². The molecule has 3 aromatic rings. The summed E-state index contributed by atoms with van der Waals surface area (Å²) in [5.41, 5.74) is 1.94. The molecule has 0 atom stereocenters. The topological polar surface area (TPSA) is 59.9 Å². The fraction of sp³-hybridized carbons (Fsp3) is 0.120. The van der Waals surface area contributed by atoms with E-state index in [9.17, 15) is 9.18 Å². The zero-order valence-corrected chi connectivity index (χ0v) is 22.8. The molecule has 0 aliphatic carbocycles. The molecule has 1 heterocycles. The third-order valence-corrected chi connectivity index (χ3v) is 7.23. The number of carbonyl (C=O) groups is 1. The average Bonchev–Trinajstić information content (AvgIpc) is 3.15. The Kier molecular flexibility index (Phi) is 8.59. The summed E-state index contributed by atoms with van der Waals surface area (Å²) in [6.45, 7) is 2.50. The van der Waals surface area contributed by atoms with E-state index in [0.717, 1.165) is 9.13 Å². The van der Waals surface area contributed by atoms with Crippen LogP contribution in [0.25, 0.3) is 6.08 Å². The number of halogens is 4. The smallest absolute Gasteiger partial charge is 0.264 e. The lowest BCUT2D eigenvalue weighted by molar-refractivity contribution is -0.115. The van der Waals surface area contributed by atoms with Gasteiger partial charge < -0.3 is 14.8 Å². The molecule has 1 N–H and O–H groups in total. The van der Waals surface area contributed by atoms with Crippen molar-refractivity contribution in [1.82, 2.24) is 5.32 Å². The maximum absolute atomic E-state index is 13.5. The zero-order chi connectivity index (χ0) is 24.9. The molecule has 0 unspecified atom stereocenters. The maximum Gasteiger partial charge on any atom is 0.264 e. The lowest BCUT2D eigenvalue weighted by Gasteiger charge is -2.15. The third-order valence-electron chi connectivity index (χ3n) is 4.71. The maximum atomic E-state index is 13.5. The molecular formula is C25H18Cl2FIN2O3S. The van der Waals surface area contributed by atoms with E-state index in [-0.39, 0.29) is 18.3 Å². The summed E-state index contributed by atoms with van der Waals surface area (Å²) in [5.74, 6) is 0.498. The van der Waals surface area contributed by atoms with E-state index in [1.165, 1.54) is 23.9 Å². The molecular weight excluding hydrogens is 625 g/mol. The number of hydrogen-bond donors (Lipinski definition) is 1. The van der Waals surface area contributed by atoms with Crippen LogP contribution in [-0.2, 0) is 11.4 Å². The van der Waals surface area contributed by atoms with Crippen molar-refractivity contribution >= 4 is 80.4 Å². The molecule has 0 aromatic heterocycles. The van der Waals surface area contributed by atoms with Gasteiger partial charge >= 0.3 is 0 Å². The molecule has 10 heteroatoms. The second-order valence-electron chi connectivity index (χ2n) is 7.24. The molecule has 5 nitrogen and oxygen atoms in total. The van der Waals surface area contributed by atoms with Crippen molar-refractivity contribution in [2.75, 3.05) is 6.61 Å². The second kappa shape index (κ2) is 11.6. The van der Waals surface area contributed by atoms with Gasteiger partial charge in [0, 0.05) is 0 Å². The number of nitrogens with one attached hydrogen (secondary N) is 1. The van der Waals surface area contributed by atoms with Crippen molar-refractivity contribution in [3.8, 4) is 11.5 Å². The lowest BCUT2D eigenvalue weighted by Crippen LogP contribution is -2.19. The largest absolute Gasteiger partial charge is 0.490 e. The Labute approximate surface area is 229 Å². The highest BCUT2D eigenvalue weighted by molar-refractivity contribution is 14.1. The fourth-order valence-electron chi connectivity index (χ4n) is 3.18. The van der Waals surface area contributed by atoms with Crippen LogP contribution < -0.4 is 14.8 Å². The second-order valence-corrected chi connectivity index (χ2v) is 10.2. The molecule has 1 aliphatic heterocycles. The van der Waals surface area contributed by atoms with Crippen LogP contribution in [0.2, 0.25) is 10.0 Å². The average molecular weight is 643 g/mol. The van der Waals surface area contributed by atoms with Crippen molar-refractivity contribution in [1.29, 1.82) is 0 Å². The number of nitrogens with zero attached hydrogens (tertiary/aromatic N) is 1. The molecule has 1 saturated heterocycles. The Morgan fingerprint density at radius 2 is 1.94 bits per heavy atom. The standard InChI is InChI=1S/C25H18Cl2FIN2O3S/c1-2-33-20-11-15(10-18(29)23(20)34-13-14-5-3-6-16(28)9-14)12-21-24(32)31-25(35-21)30-19-8-4-7-17(26)22(19)27/h3-12H,2,13H2,1H3,(H,30,31,32)/b21-12+. The van der Waals surface area contributed by atoms with Crippen LogP contribution in [0.5, 0.6) is 11.5 Å². The molecule has 0 saturated carbocycles. The van der Waals surface area contributed by atoms with Crippen LogP contribution in [0.1, 0.15) is 18.1 Å². The van der Waals surface area contributed by atoms with Gasteiger partial charge in [-0.3, -0.25) is 4.79 Å². The van der Waals surface area contributed by atoms with Gasteiger partial charge in [-0.2, -0.15) is 0 Å². The highest BCUT2D eigenvalue weighted by Gasteiger charge is 2.25. The number of benzene rings is 3. The van der Waals surface area contributed by atoms with Crippen LogP contribution in [0.4, 0.5) is 10.1 Å². The van der Waals surface area contributed by atoms with Crippen LogP contribution in [0, 0.1) is 9.39 Å². The highest BCUT2D eigenvalue weighted by atomic mass is 127. The molecule has 0 spiro atoms. The summed E-state index contributed by atoms with van der Waals surface area (Å²) in [5, 5.41) is 3.85. The number of rotatable bonds is 7. The first-order valence-electron chi connectivity index (χ1n) is 10.4. The number of aliphatic imine (C=N–C) groups is 1. The van der Waals surface area contributed by atoms with Gasteiger partial charge in [0.25, 0.3) is 5.91 Å². The number of hydrogen-bond acceptors (Lipinski definition) is 5. The number of amides is 1. The predicted molar refractivity (Wildman–Crippen MR) is 148 cm³/mol. The Morgan fingerprint density at radius 3 is 2.71 bits per heavy atom. The van der Waals surface area contributed by atoms with Crippen LogP contribution in [-0.4, -0.2) is 17.7 Å². The van der Waals surface area contributed by atoms with Crippen molar-refractivity contribution in [2.45, 2.75) is 13.5 Å². The van der Waals surface area contributed by atoms with Gasteiger partial charge in [0.05, 0.1) is 30.8 Å². The van der Waals surface area contributed by atoms with Crippen LogP contribution in [0.15, 0.2) is 64.5 Å². The molecule has 1 fully saturated rings. The molecule has 35 heavy (non-hydrogen) atoms. The van der Waals surface area contributed by atoms with E-state index in [2.05, 4.69) is 32.9 Å². The minimum atomic E-state index is -0.319. The predicted octanol–water partition coefficient (Wildman–Crippen LogP) is 7.61. The van der Waals surface area contributed by atoms with Gasteiger partial charge in [0.1, 0.15) is 12.4 Å². The van der Waals surface area contributed by atoms with E-state index >= 15 is 0 Å². The SMILES string of the molecule is CCOc1cc(/C=C2/SC(=Nc3cccc(Cl)c3Cl)NC2=O)cc(I)c1OCc1cccc(F)c1. The van der Waals surface area contributed by atoms with Crippen molar-refractivity contribution in [3.63, 3.8) is 0 Å². The van der Waals surface area contributed by atoms with Gasteiger partial charge in [-0.05, 0) is 94.9 Å². The summed E-state index contributed by atoms with van der Waals surface area (Å²) < 4.78 is 26.0. The Balaban J connectivity index is 1.57. The van der Waals surface area contributed by atoms with Crippen LogP contribution in [0.3, 0.4) is 0 Å². The first-order valence-corrected chi connectivity index (χ1v) is 13.1. The monoisotopic (exact) mass is 642 g/mol. The Morgan fingerprint density at radius 1 is 1.14 bits per heavy atom. The van der Waals surface area contributed by atoms with E-state index in [4.69, 9.17) is 32.7 Å². The number of carbonyl (C=O) groups excluding carboxylic acids is 1. The van der Waals surface area contributed by atoms with Crippen LogP contribution >= 0.6 is 57.6 Å². The zero-order valence-electron chi connectivity index (χ0n) is 18.3. The van der Waals surface area contributed by atoms with E-state index < -0.39 is 0 Å². The summed E-state index contributed by atoms with van der Waals surface area (Å²) in [7, 11) is 0. The molecule has 0 bridgehead atoms. The summed E-state index contributed by atoms with van der Waals surface area (Å²) in [6.07, 6.45) is 1.75. The van der Waals surface area contributed by atoms with E-state index in [0.29, 0.717) is 49.5 Å². The molecule has 4 rings (SSSR count). The summed E-state index contributed by atoms with van der Waals surface area (Å²) >= 11 is 15.6. The normalized spacial score (nSPS) is 15.5. The fourth-order valence-corrected chi connectivity index (χ4v) is 5.13. The van der Waals surface area contributed by atoms with E-state index in [1.807, 2.05) is 13.0 Å².